The predicted molar refractivity (Wildman–Crippen MR) is 113 cm³/mol. The molecular weight excluding hydrogens is 374 g/mol. The van der Waals surface area contributed by atoms with Gasteiger partial charge in [0.2, 0.25) is 0 Å². The molecule has 0 radical (unpaired) electrons. The maximum Gasteiger partial charge on any atom is 0.267 e. The van der Waals surface area contributed by atoms with E-state index in [0.29, 0.717) is 4.88 Å². The van der Waals surface area contributed by atoms with Crippen LogP contribution in [0.4, 0.5) is 5.69 Å². The SMILES string of the molecule is Cc1nc(C)c(C(=O)Nc2cccc(-c3csc(-c4ccccc4)n3)c2)s1. The lowest BCUT2D eigenvalue weighted by Crippen LogP contribution is -2.11. The van der Waals surface area contributed by atoms with Crippen molar-refractivity contribution in [1.29, 1.82) is 0 Å². The number of thiazole rings is 2. The van der Waals surface area contributed by atoms with Gasteiger partial charge >= 0.3 is 0 Å². The molecule has 4 rings (SSSR count). The summed E-state index contributed by atoms with van der Waals surface area (Å²) in [6, 6.07) is 17.9. The summed E-state index contributed by atoms with van der Waals surface area (Å²) in [5.41, 5.74) is 4.49. The Hall–Kier alpha value is -2.83. The van der Waals surface area contributed by atoms with Crippen LogP contribution < -0.4 is 5.32 Å². The molecule has 134 valence electrons. The summed E-state index contributed by atoms with van der Waals surface area (Å²) in [5.74, 6) is -0.126. The molecule has 2 aromatic heterocycles. The van der Waals surface area contributed by atoms with Crippen LogP contribution in [0.1, 0.15) is 20.4 Å². The molecule has 6 heteroatoms. The molecule has 27 heavy (non-hydrogen) atoms. The minimum Gasteiger partial charge on any atom is -0.321 e. The number of hydrogen-bond acceptors (Lipinski definition) is 5. The van der Waals surface area contributed by atoms with Crippen molar-refractivity contribution in [2.45, 2.75) is 13.8 Å². The van der Waals surface area contributed by atoms with Gasteiger partial charge in [0, 0.05) is 22.2 Å². The van der Waals surface area contributed by atoms with Gasteiger partial charge in [-0.05, 0) is 26.0 Å². The molecule has 4 nitrogen and oxygen atoms in total. The molecule has 0 spiro atoms. The van der Waals surface area contributed by atoms with Crippen LogP contribution in [-0.4, -0.2) is 15.9 Å². The summed E-state index contributed by atoms with van der Waals surface area (Å²) in [6.07, 6.45) is 0. The Labute approximate surface area is 165 Å². The van der Waals surface area contributed by atoms with Crippen LogP contribution in [0.15, 0.2) is 60.0 Å². The van der Waals surface area contributed by atoms with E-state index in [-0.39, 0.29) is 5.91 Å². The summed E-state index contributed by atoms with van der Waals surface area (Å²) in [6.45, 7) is 3.76. The quantitative estimate of drug-likeness (QED) is 0.478. The number of amides is 1. The first-order chi connectivity index (χ1) is 13.1. The molecule has 0 bridgehead atoms. The number of aryl methyl sites for hydroxylation is 2. The lowest BCUT2D eigenvalue weighted by molar-refractivity contribution is 0.103. The van der Waals surface area contributed by atoms with Gasteiger partial charge in [0.15, 0.2) is 0 Å². The van der Waals surface area contributed by atoms with E-state index >= 15 is 0 Å². The summed E-state index contributed by atoms with van der Waals surface area (Å²) in [7, 11) is 0. The third kappa shape index (κ3) is 3.82. The van der Waals surface area contributed by atoms with Gasteiger partial charge < -0.3 is 5.32 Å². The molecule has 1 amide bonds. The average Bonchev–Trinajstić information content (AvgIpc) is 3.29. The Bertz CT molecular complexity index is 1100. The van der Waals surface area contributed by atoms with Crippen LogP contribution >= 0.6 is 22.7 Å². The summed E-state index contributed by atoms with van der Waals surface area (Å²) < 4.78 is 0. The molecule has 0 saturated heterocycles. The van der Waals surface area contributed by atoms with Gasteiger partial charge in [0.25, 0.3) is 5.91 Å². The van der Waals surface area contributed by atoms with Gasteiger partial charge in [0.1, 0.15) is 9.88 Å². The molecule has 0 saturated carbocycles. The first-order valence-corrected chi connectivity index (χ1v) is 10.2. The van der Waals surface area contributed by atoms with Crippen molar-refractivity contribution in [3.05, 3.63) is 75.6 Å². The van der Waals surface area contributed by atoms with Crippen LogP contribution in [0.3, 0.4) is 0 Å². The van der Waals surface area contributed by atoms with Crippen LogP contribution in [-0.2, 0) is 0 Å². The number of rotatable bonds is 4. The van der Waals surface area contributed by atoms with E-state index in [2.05, 4.69) is 22.4 Å². The Morgan fingerprint density at radius 3 is 2.48 bits per heavy atom. The summed E-state index contributed by atoms with van der Waals surface area (Å²) in [4.78, 5) is 22.2. The fourth-order valence-corrected chi connectivity index (χ4v) is 4.46. The van der Waals surface area contributed by atoms with Gasteiger partial charge in [-0.3, -0.25) is 4.79 Å². The molecule has 0 fully saturated rings. The number of aromatic nitrogens is 2. The molecule has 0 aliphatic rings. The van der Waals surface area contributed by atoms with Crippen molar-refractivity contribution in [3.8, 4) is 21.8 Å². The largest absolute Gasteiger partial charge is 0.321 e. The number of anilines is 1. The van der Waals surface area contributed by atoms with E-state index in [1.807, 2.05) is 61.7 Å². The zero-order chi connectivity index (χ0) is 18.8. The van der Waals surface area contributed by atoms with E-state index in [4.69, 9.17) is 4.98 Å². The zero-order valence-electron chi connectivity index (χ0n) is 14.9. The number of nitrogens with one attached hydrogen (secondary N) is 1. The molecular formula is C21H17N3OS2. The maximum atomic E-state index is 12.5. The molecule has 1 N–H and O–H groups in total. The molecule has 2 heterocycles. The molecule has 0 unspecified atom stereocenters. The fourth-order valence-electron chi connectivity index (χ4n) is 2.81. The Morgan fingerprint density at radius 2 is 1.74 bits per heavy atom. The van der Waals surface area contributed by atoms with Crippen molar-refractivity contribution in [2.75, 3.05) is 5.32 Å². The van der Waals surface area contributed by atoms with Gasteiger partial charge in [-0.15, -0.1) is 22.7 Å². The molecule has 2 aromatic carbocycles. The standard InChI is InChI=1S/C21H17N3OS2/c1-13-19(27-14(2)22-13)20(25)23-17-10-6-9-16(11-17)18-12-26-21(24-18)15-7-4-3-5-8-15/h3-12H,1-2H3,(H,23,25). The smallest absolute Gasteiger partial charge is 0.267 e. The highest BCUT2D eigenvalue weighted by Gasteiger charge is 2.14. The normalized spacial score (nSPS) is 10.7. The molecule has 0 atom stereocenters. The number of nitrogens with zero attached hydrogens (tertiary/aromatic N) is 2. The maximum absolute atomic E-state index is 12.5. The summed E-state index contributed by atoms with van der Waals surface area (Å²) >= 11 is 3.02. The molecule has 0 aliphatic heterocycles. The van der Waals surface area contributed by atoms with E-state index < -0.39 is 0 Å². The topological polar surface area (TPSA) is 54.9 Å². The van der Waals surface area contributed by atoms with Gasteiger partial charge in [-0.25, -0.2) is 9.97 Å². The second-order valence-corrected chi connectivity index (χ2v) is 8.15. The van der Waals surface area contributed by atoms with E-state index in [1.165, 1.54) is 11.3 Å². The highest BCUT2D eigenvalue weighted by Crippen LogP contribution is 2.30. The minimum absolute atomic E-state index is 0.126. The average molecular weight is 392 g/mol. The first kappa shape index (κ1) is 17.6. The molecule has 0 aliphatic carbocycles. The van der Waals surface area contributed by atoms with Crippen LogP contribution in [0.25, 0.3) is 21.8 Å². The third-order valence-electron chi connectivity index (χ3n) is 4.05. The van der Waals surface area contributed by atoms with Gasteiger partial charge in [-0.2, -0.15) is 0 Å². The first-order valence-electron chi connectivity index (χ1n) is 8.47. The lowest BCUT2D eigenvalue weighted by Gasteiger charge is -2.06. The predicted octanol–water partition coefficient (Wildman–Crippen LogP) is 5.80. The second kappa shape index (κ2) is 7.42. The summed E-state index contributed by atoms with van der Waals surface area (Å²) in [5, 5.41) is 6.88. The minimum atomic E-state index is -0.126. The Balaban J connectivity index is 1.57. The second-order valence-electron chi connectivity index (χ2n) is 6.09. The van der Waals surface area contributed by atoms with Crippen molar-refractivity contribution in [3.63, 3.8) is 0 Å². The lowest BCUT2D eigenvalue weighted by atomic mass is 10.1. The van der Waals surface area contributed by atoms with Crippen molar-refractivity contribution in [1.82, 2.24) is 9.97 Å². The fraction of sp³-hybridized carbons (Fsp3) is 0.0952. The van der Waals surface area contributed by atoms with Crippen LogP contribution in [0.2, 0.25) is 0 Å². The number of carbonyl (C=O) groups is 1. The van der Waals surface area contributed by atoms with Crippen molar-refractivity contribution >= 4 is 34.3 Å². The zero-order valence-corrected chi connectivity index (χ0v) is 16.5. The van der Waals surface area contributed by atoms with Gasteiger partial charge in [-0.1, -0.05) is 42.5 Å². The Morgan fingerprint density at radius 1 is 0.963 bits per heavy atom. The van der Waals surface area contributed by atoms with E-state index in [9.17, 15) is 4.79 Å². The van der Waals surface area contributed by atoms with Gasteiger partial charge in [0.05, 0.1) is 16.4 Å². The monoisotopic (exact) mass is 391 g/mol. The van der Waals surface area contributed by atoms with Crippen molar-refractivity contribution in [2.24, 2.45) is 0 Å². The molecule has 4 aromatic rings. The third-order valence-corrected chi connectivity index (χ3v) is 6.01. The number of hydrogen-bond donors (Lipinski definition) is 1. The van der Waals surface area contributed by atoms with Crippen LogP contribution in [0, 0.1) is 13.8 Å². The highest BCUT2D eigenvalue weighted by molar-refractivity contribution is 7.14. The van der Waals surface area contributed by atoms with E-state index in [0.717, 1.165) is 38.2 Å². The number of carbonyl (C=O) groups excluding carboxylic acids is 1. The van der Waals surface area contributed by atoms with Crippen molar-refractivity contribution < 1.29 is 4.79 Å². The van der Waals surface area contributed by atoms with Crippen LogP contribution in [0.5, 0.6) is 0 Å². The van der Waals surface area contributed by atoms with E-state index in [1.54, 1.807) is 11.3 Å². The highest BCUT2D eigenvalue weighted by atomic mass is 32.1. The Kier molecular flexibility index (Phi) is 4.83. The number of benzene rings is 2.